The SMILES string of the molecule is CC(C)(C)CN(c1ccccn1)c1ccccn1. The van der Waals surface area contributed by atoms with E-state index in [-0.39, 0.29) is 5.41 Å². The van der Waals surface area contributed by atoms with Crippen molar-refractivity contribution in [1.29, 1.82) is 0 Å². The van der Waals surface area contributed by atoms with Gasteiger partial charge >= 0.3 is 0 Å². The van der Waals surface area contributed by atoms with Crippen molar-refractivity contribution in [1.82, 2.24) is 9.97 Å². The van der Waals surface area contributed by atoms with Gasteiger partial charge in [-0.1, -0.05) is 32.9 Å². The summed E-state index contributed by atoms with van der Waals surface area (Å²) < 4.78 is 0. The maximum Gasteiger partial charge on any atom is 0.134 e. The molecular formula is C15H19N3. The molecule has 0 fully saturated rings. The fraction of sp³-hybridized carbons (Fsp3) is 0.333. The predicted molar refractivity (Wildman–Crippen MR) is 74.9 cm³/mol. The maximum absolute atomic E-state index is 4.43. The van der Waals surface area contributed by atoms with Crippen molar-refractivity contribution in [2.24, 2.45) is 5.41 Å². The molecule has 0 atom stereocenters. The first-order valence-corrected chi connectivity index (χ1v) is 6.16. The molecule has 0 bridgehead atoms. The summed E-state index contributed by atoms with van der Waals surface area (Å²) in [6.07, 6.45) is 3.63. The van der Waals surface area contributed by atoms with Gasteiger partial charge in [-0.3, -0.25) is 0 Å². The molecule has 0 saturated carbocycles. The summed E-state index contributed by atoms with van der Waals surface area (Å²) in [6.45, 7) is 7.52. The van der Waals surface area contributed by atoms with Gasteiger partial charge in [-0.25, -0.2) is 9.97 Å². The summed E-state index contributed by atoms with van der Waals surface area (Å²) >= 11 is 0. The highest BCUT2D eigenvalue weighted by molar-refractivity contribution is 5.55. The van der Waals surface area contributed by atoms with Crippen molar-refractivity contribution in [2.45, 2.75) is 20.8 Å². The first kappa shape index (κ1) is 12.6. The van der Waals surface area contributed by atoms with Crippen LogP contribution >= 0.6 is 0 Å². The Balaban J connectivity index is 2.36. The zero-order chi connectivity index (χ0) is 13.0. The Morgan fingerprint density at radius 3 is 1.72 bits per heavy atom. The molecule has 0 aromatic carbocycles. The first-order chi connectivity index (χ1) is 8.56. The normalized spacial score (nSPS) is 11.3. The average molecular weight is 241 g/mol. The average Bonchev–Trinajstić information content (AvgIpc) is 2.37. The van der Waals surface area contributed by atoms with Crippen molar-refractivity contribution < 1.29 is 0 Å². The molecule has 2 aromatic heterocycles. The van der Waals surface area contributed by atoms with Gasteiger partial charge in [0.05, 0.1) is 0 Å². The van der Waals surface area contributed by atoms with E-state index in [1.54, 1.807) is 0 Å². The number of rotatable bonds is 3. The van der Waals surface area contributed by atoms with Gasteiger partial charge in [0.15, 0.2) is 0 Å². The highest BCUT2D eigenvalue weighted by atomic mass is 15.2. The van der Waals surface area contributed by atoms with Crippen molar-refractivity contribution in [3.05, 3.63) is 48.8 Å². The van der Waals surface area contributed by atoms with Crippen LogP contribution in [0, 0.1) is 5.41 Å². The van der Waals surface area contributed by atoms with Crippen LogP contribution in [0.5, 0.6) is 0 Å². The summed E-state index contributed by atoms with van der Waals surface area (Å²) in [4.78, 5) is 11.0. The lowest BCUT2D eigenvalue weighted by atomic mass is 9.96. The zero-order valence-electron chi connectivity index (χ0n) is 11.2. The second kappa shape index (κ2) is 5.17. The van der Waals surface area contributed by atoms with Crippen LogP contribution in [0.1, 0.15) is 20.8 Å². The molecule has 0 aliphatic heterocycles. The van der Waals surface area contributed by atoms with Crippen LogP contribution in [-0.4, -0.2) is 16.5 Å². The smallest absolute Gasteiger partial charge is 0.134 e. The van der Waals surface area contributed by atoms with Gasteiger partial charge in [-0.2, -0.15) is 0 Å². The maximum atomic E-state index is 4.43. The molecule has 2 heterocycles. The molecule has 0 aliphatic rings. The van der Waals surface area contributed by atoms with Gasteiger partial charge in [0, 0.05) is 18.9 Å². The molecule has 3 nitrogen and oxygen atoms in total. The minimum atomic E-state index is 0.176. The zero-order valence-corrected chi connectivity index (χ0v) is 11.2. The third kappa shape index (κ3) is 3.29. The lowest BCUT2D eigenvalue weighted by Crippen LogP contribution is -2.29. The van der Waals surface area contributed by atoms with Crippen molar-refractivity contribution in [2.75, 3.05) is 11.4 Å². The molecule has 3 heteroatoms. The van der Waals surface area contributed by atoms with Crippen LogP contribution in [0.15, 0.2) is 48.8 Å². The summed E-state index contributed by atoms with van der Waals surface area (Å²) in [6, 6.07) is 11.9. The minimum Gasteiger partial charge on any atom is -0.311 e. The third-order valence-corrected chi connectivity index (χ3v) is 2.48. The van der Waals surface area contributed by atoms with Crippen molar-refractivity contribution in [3.8, 4) is 0 Å². The van der Waals surface area contributed by atoms with Crippen molar-refractivity contribution >= 4 is 11.6 Å². The van der Waals surface area contributed by atoms with E-state index >= 15 is 0 Å². The molecule has 2 rings (SSSR count). The first-order valence-electron chi connectivity index (χ1n) is 6.16. The number of hydrogen-bond donors (Lipinski definition) is 0. The largest absolute Gasteiger partial charge is 0.311 e. The monoisotopic (exact) mass is 241 g/mol. The Morgan fingerprint density at radius 2 is 1.39 bits per heavy atom. The van der Waals surface area contributed by atoms with Crippen molar-refractivity contribution in [3.63, 3.8) is 0 Å². The standard InChI is InChI=1S/C15H19N3/c1-15(2,3)12-18(13-8-4-6-10-16-13)14-9-5-7-11-17-14/h4-11H,12H2,1-3H3. The molecule has 94 valence electrons. The molecular weight excluding hydrogens is 222 g/mol. The van der Waals surface area contributed by atoms with Crippen LogP contribution in [0.2, 0.25) is 0 Å². The van der Waals surface area contributed by atoms with E-state index in [1.807, 2.05) is 48.8 Å². The van der Waals surface area contributed by atoms with E-state index in [2.05, 4.69) is 35.6 Å². The summed E-state index contributed by atoms with van der Waals surface area (Å²) in [5.41, 5.74) is 0.176. The predicted octanol–water partition coefficient (Wildman–Crippen LogP) is 3.66. The molecule has 18 heavy (non-hydrogen) atoms. The van der Waals surface area contributed by atoms with E-state index in [0.29, 0.717) is 0 Å². The third-order valence-electron chi connectivity index (χ3n) is 2.48. The van der Waals surface area contributed by atoms with E-state index in [4.69, 9.17) is 0 Å². The lowest BCUT2D eigenvalue weighted by Gasteiger charge is -2.30. The quantitative estimate of drug-likeness (QED) is 0.821. The molecule has 0 N–H and O–H groups in total. The van der Waals surface area contributed by atoms with Crippen LogP contribution < -0.4 is 4.90 Å². The van der Waals surface area contributed by atoms with E-state index in [0.717, 1.165) is 18.2 Å². The number of pyridine rings is 2. The van der Waals surface area contributed by atoms with Gasteiger partial charge < -0.3 is 4.90 Å². The highest BCUT2D eigenvalue weighted by Gasteiger charge is 2.19. The van der Waals surface area contributed by atoms with Crippen LogP contribution in [0.4, 0.5) is 11.6 Å². The molecule has 0 aliphatic carbocycles. The number of aromatic nitrogens is 2. The molecule has 0 saturated heterocycles. The van der Waals surface area contributed by atoms with Gasteiger partial charge in [0.25, 0.3) is 0 Å². The highest BCUT2D eigenvalue weighted by Crippen LogP contribution is 2.26. The summed E-state index contributed by atoms with van der Waals surface area (Å²) in [5, 5.41) is 0. The summed E-state index contributed by atoms with van der Waals surface area (Å²) in [5.74, 6) is 1.87. The molecule has 0 unspecified atom stereocenters. The van der Waals surface area contributed by atoms with E-state index < -0.39 is 0 Å². The Bertz CT molecular complexity index is 435. The second-order valence-corrected chi connectivity index (χ2v) is 5.52. The topological polar surface area (TPSA) is 29.0 Å². The molecule has 2 aromatic rings. The lowest BCUT2D eigenvalue weighted by molar-refractivity contribution is 0.422. The minimum absolute atomic E-state index is 0.176. The Hall–Kier alpha value is -1.90. The number of anilines is 2. The van der Waals surface area contributed by atoms with Crippen LogP contribution in [0.25, 0.3) is 0 Å². The molecule has 0 spiro atoms. The van der Waals surface area contributed by atoms with Gasteiger partial charge in [-0.05, 0) is 29.7 Å². The summed E-state index contributed by atoms with van der Waals surface area (Å²) in [7, 11) is 0. The number of nitrogens with zero attached hydrogens (tertiary/aromatic N) is 3. The second-order valence-electron chi connectivity index (χ2n) is 5.52. The van der Waals surface area contributed by atoms with E-state index in [1.165, 1.54) is 0 Å². The fourth-order valence-electron chi connectivity index (χ4n) is 1.78. The van der Waals surface area contributed by atoms with Crippen LogP contribution in [-0.2, 0) is 0 Å². The Labute approximate surface area is 109 Å². The fourth-order valence-corrected chi connectivity index (χ4v) is 1.78. The number of hydrogen-bond acceptors (Lipinski definition) is 3. The Kier molecular flexibility index (Phi) is 3.60. The van der Waals surface area contributed by atoms with Crippen LogP contribution in [0.3, 0.4) is 0 Å². The molecule has 0 amide bonds. The Morgan fingerprint density at radius 1 is 0.889 bits per heavy atom. The molecule has 0 radical (unpaired) electrons. The van der Waals surface area contributed by atoms with Gasteiger partial charge in [-0.15, -0.1) is 0 Å². The van der Waals surface area contributed by atoms with Gasteiger partial charge in [0.2, 0.25) is 0 Å². The van der Waals surface area contributed by atoms with Gasteiger partial charge in [0.1, 0.15) is 11.6 Å². The van der Waals surface area contributed by atoms with E-state index in [9.17, 15) is 0 Å².